The average molecular weight is 572 g/mol. The van der Waals surface area contributed by atoms with E-state index in [9.17, 15) is 26.7 Å². The number of carbonyl (C=O) groups excluding carboxylic acids is 1. The highest BCUT2D eigenvalue weighted by atomic mass is 35.5. The molecule has 0 heterocycles. The van der Waals surface area contributed by atoms with E-state index in [0.717, 1.165) is 24.3 Å². The molecule has 3 N–H and O–H groups in total. The van der Waals surface area contributed by atoms with Crippen molar-refractivity contribution >= 4 is 60.5 Å². The van der Waals surface area contributed by atoms with Crippen molar-refractivity contribution < 1.29 is 26.7 Å². The first-order valence-corrected chi connectivity index (χ1v) is 14.3. The lowest BCUT2D eigenvalue weighted by molar-refractivity contribution is 0.102. The maximum absolute atomic E-state index is 13.0. The zero-order chi connectivity index (χ0) is 26.7. The maximum Gasteiger partial charge on any atom is 0.261 e. The quantitative estimate of drug-likeness (QED) is 0.316. The van der Waals surface area contributed by atoms with Crippen molar-refractivity contribution in [1.29, 1.82) is 0 Å². The number of hydrogen-bond donors (Lipinski definition) is 3. The summed E-state index contributed by atoms with van der Waals surface area (Å²) in [6.45, 7) is 3.86. The van der Waals surface area contributed by atoms with Gasteiger partial charge in [0.05, 0.1) is 31.8 Å². The molecule has 0 saturated heterocycles. The average Bonchev–Trinajstić information content (AvgIpc) is 2.80. The van der Waals surface area contributed by atoms with E-state index < -0.39 is 31.7 Å². The Labute approximate surface area is 219 Å². The topological polar surface area (TPSA) is 133 Å². The van der Waals surface area contributed by atoms with Gasteiger partial charge in [0.2, 0.25) is 10.0 Å². The van der Waals surface area contributed by atoms with Gasteiger partial charge in [-0.1, -0.05) is 43.1 Å². The van der Waals surface area contributed by atoms with Crippen LogP contribution in [0.25, 0.3) is 0 Å². The Morgan fingerprint density at radius 2 is 1.58 bits per heavy atom. The summed E-state index contributed by atoms with van der Waals surface area (Å²) in [7, 11) is -7.97. The second-order valence-electron chi connectivity index (χ2n) is 7.48. The summed E-state index contributed by atoms with van der Waals surface area (Å²) in [6, 6.07) is 13.1. The number of carbonyl (C=O) groups is 1. The predicted molar refractivity (Wildman–Crippen MR) is 140 cm³/mol. The maximum atomic E-state index is 13.0. The lowest BCUT2D eigenvalue weighted by Gasteiger charge is -2.19. The van der Waals surface area contributed by atoms with Gasteiger partial charge in [-0.15, -0.1) is 0 Å². The Kier molecular flexibility index (Phi) is 8.52. The fourth-order valence-corrected chi connectivity index (χ4v) is 6.24. The van der Waals surface area contributed by atoms with E-state index in [-0.39, 0.29) is 44.8 Å². The van der Waals surface area contributed by atoms with Crippen LogP contribution in [0.4, 0.5) is 11.4 Å². The molecule has 3 aromatic carbocycles. The number of phenols is 1. The molecule has 0 atom stereocenters. The third-order valence-electron chi connectivity index (χ3n) is 5.13. The summed E-state index contributed by atoms with van der Waals surface area (Å²) in [5.74, 6) is -1.25. The van der Waals surface area contributed by atoms with Crippen LogP contribution in [0.2, 0.25) is 10.0 Å². The number of phenolic OH excluding ortho intramolecular Hbond substituents is 1. The van der Waals surface area contributed by atoms with Crippen LogP contribution in [0.3, 0.4) is 0 Å². The number of hydrogen-bond acceptors (Lipinski definition) is 6. The van der Waals surface area contributed by atoms with Crippen molar-refractivity contribution in [2.45, 2.75) is 23.6 Å². The van der Waals surface area contributed by atoms with Crippen LogP contribution < -0.4 is 10.0 Å². The molecular formula is C23H23Cl2N3O6S2. The summed E-state index contributed by atoms with van der Waals surface area (Å²) in [5, 5.41) is 12.9. The number of aromatic hydroxyl groups is 1. The van der Waals surface area contributed by atoms with Gasteiger partial charge in [0, 0.05) is 18.1 Å². The predicted octanol–water partition coefficient (Wildman–Crippen LogP) is 4.78. The minimum Gasteiger partial charge on any atom is -0.506 e. The van der Waals surface area contributed by atoms with Gasteiger partial charge in [-0.05, 0) is 54.6 Å². The summed E-state index contributed by atoms with van der Waals surface area (Å²) >= 11 is 12.1. The minimum atomic E-state index is -4.10. The molecule has 1 amide bonds. The highest BCUT2D eigenvalue weighted by molar-refractivity contribution is 7.92. The van der Waals surface area contributed by atoms with Crippen molar-refractivity contribution in [2.75, 3.05) is 23.1 Å². The number of anilines is 2. The zero-order valence-electron chi connectivity index (χ0n) is 19.2. The Bertz CT molecular complexity index is 1510. The molecule has 36 heavy (non-hydrogen) atoms. The largest absolute Gasteiger partial charge is 0.506 e. The normalized spacial score (nSPS) is 11.9. The van der Waals surface area contributed by atoms with Crippen molar-refractivity contribution in [2.24, 2.45) is 0 Å². The van der Waals surface area contributed by atoms with Crippen LogP contribution in [-0.4, -0.2) is 45.2 Å². The summed E-state index contributed by atoms with van der Waals surface area (Å²) in [4.78, 5) is 12.6. The van der Waals surface area contributed by atoms with E-state index in [4.69, 9.17) is 23.2 Å². The van der Waals surface area contributed by atoms with E-state index in [1.54, 1.807) is 26.0 Å². The molecule has 3 aromatic rings. The van der Waals surface area contributed by atoms with Gasteiger partial charge in [-0.3, -0.25) is 9.52 Å². The molecule has 3 rings (SSSR count). The van der Waals surface area contributed by atoms with Crippen LogP contribution >= 0.6 is 23.2 Å². The van der Waals surface area contributed by atoms with Crippen molar-refractivity contribution in [3.05, 3.63) is 76.3 Å². The third kappa shape index (κ3) is 6.11. The molecule has 0 saturated carbocycles. The summed E-state index contributed by atoms with van der Waals surface area (Å²) in [5.41, 5.74) is -0.171. The third-order valence-corrected chi connectivity index (χ3v) is 9.12. The van der Waals surface area contributed by atoms with Gasteiger partial charge in [0.15, 0.2) is 0 Å². The molecular weight excluding hydrogens is 549 g/mol. The second kappa shape index (κ2) is 11.1. The molecule has 0 aliphatic rings. The van der Waals surface area contributed by atoms with Crippen LogP contribution in [0.5, 0.6) is 5.75 Å². The van der Waals surface area contributed by atoms with Crippen LogP contribution in [0.1, 0.15) is 24.2 Å². The first-order chi connectivity index (χ1) is 16.9. The highest BCUT2D eigenvalue weighted by Gasteiger charge is 2.24. The molecule has 0 unspecified atom stereocenters. The number of nitrogens with zero attached hydrogens (tertiary/aromatic N) is 1. The van der Waals surface area contributed by atoms with Gasteiger partial charge in [-0.2, -0.15) is 4.31 Å². The van der Waals surface area contributed by atoms with Gasteiger partial charge in [0.1, 0.15) is 5.75 Å². The lowest BCUT2D eigenvalue weighted by Crippen LogP contribution is -2.30. The monoisotopic (exact) mass is 571 g/mol. The molecule has 9 nitrogen and oxygen atoms in total. The van der Waals surface area contributed by atoms with Crippen LogP contribution in [0.15, 0.2) is 70.5 Å². The molecule has 0 spiro atoms. The molecule has 0 aromatic heterocycles. The second-order valence-corrected chi connectivity index (χ2v) is 11.9. The fraction of sp³-hybridized carbons (Fsp3) is 0.174. The molecule has 13 heteroatoms. The van der Waals surface area contributed by atoms with Crippen molar-refractivity contribution in [3.63, 3.8) is 0 Å². The Hall–Kier alpha value is -2.83. The molecule has 0 bridgehead atoms. The van der Waals surface area contributed by atoms with Crippen LogP contribution in [0, 0.1) is 0 Å². The van der Waals surface area contributed by atoms with Gasteiger partial charge >= 0.3 is 0 Å². The number of nitrogens with one attached hydrogen (secondary N) is 2. The number of benzene rings is 3. The van der Waals surface area contributed by atoms with E-state index >= 15 is 0 Å². The zero-order valence-corrected chi connectivity index (χ0v) is 22.3. The number of amides is 1. The Morgan fingerprint density at radius 1 is 0.917 bits per heavy atom. The van der Waals surface area contributed by atoms with E-state index in [0.29, 0.717) is 5.02 Å². The summed E-state index contributed by atoms with van der Waals surface area (Å²) in [6.07, 6.45) is 0. The summed E-state index contributed by atoms with van der Waals surface area (Å²) < 4.78 is 54.9. The number of rotatable bonds is 9. The smallest absolute Gasteiger partial charge is 0.261 e. The lowest BCUT2D eigenvalue weighted by atomic mass is 10.2. The Morgan fingerprint density at radius 3 is 2.22 bits per heavy atom. The van der Waals surface area contributed by atoms with Gasteiger partial charge < -0.3 is 10.4 Å². The molecule has 0 aliphatic heterocycles. The fourth-order valence-electron chi connectivity index (χ4n) is 3.29. The molecule has 0 radical (unpaired) electrons. The minimum absolute atomic E-state index is 0.0307. The van der Waals surface area contributed by atoms with Crippen molar-refractivity contribution in [1.82, 2.24) is 4.31 Å². The van der Waals surface area contributed by atoms with Gasteiger partial charge in [-0.25, -0.2) is 16.8 Å². The molecule has 0 fully saturated rings. The van der Waals surface area contributed by atoms with Crippen molar-refractivity contribution in [3.8, 4) is 5.75 Å². The number of halogens is 2. The highest BCUT2D eigenvalue weighted by Crippen LogP contribution is 2.30. The van der Waals surface area contributed by atoms with Crippen LogP contribution in [-0.2, 0) is 20.0 Å². The van der Waals surface area contributed by atoms with E-state index in [1.165, 1.54) is 28.6 Å². The number of sulfonamides is 2. The Balaban J connectivity index is 1.92. The van der Waals surface area contributed by atoms with E-state index in [1.807, 2.05) is 0 Å². The van der Waals surface area contributed by atoms with E-state index in [2.05, 4.69) is 10.0 Å². The molecule has 192 valence electrons. The first-order valence-electron chi connectivity index (χ1n) is 10.6. The first kappa shape index (κ1) is 27.8. The standard InChI is InChI=1S/C23H23Cl2N3O6S2/c1-3-28(4-2)36(33,34)18-8-10-20(25)19(13-18)23(30)26-21-14-17(9-11-22(21)29)35(31,32)27-16-7-5-6-15(24)12-16/h5-14,27,29H,3-4H2,1-2H3,(H,26,30). The molecule has 0 aliphatic carbocycles. The SMILES string of the molecule is CCN(CC)S(=O)(=O)c1ccc(Cl)c(C(=O)Nc2cc(S(=O)(=O)Nc3cccc(Cl)c3)ccc2O)c1. The van der Waals surface area contributed by atoms with Gasteiger partial charge in [0.25, 0.3) is 15.9 Å².